The minimum Gasteiger partial charge on any atom is -0.479 e. The van der Waals surface area contributed by atoms with Crippen molar-refractivity contribution in [3.8, 4) is 0 Å². The zero-order valence-corrected chi connectivity index (χ0v) is 11.6. The fourth-order valence-electron chi connectivity index (χ4n) is 1.94. The lowest BCUT2D eigenvalue weighted by molar-refractivity contribution is -0.208. The minimum absolute atomic E-state index is 0.196. The van der Waals surface area contributed by atoms with Gasteiger partial charge in [-0.3, -0.25) is 4.79 Å². The summed E-state index contributed by atoms with van der Waals surface area (Å²) in [5, 5.41) is 28.3. The van der Waals surface area contributed by atoms with E-state index >= 15 is 0 Å². The van der Waals surface area contributed by atoms with Gasteiger partial charge in [-0.25, -0.2) is 9.59 Å². The molecule has 0 saturated carbocycles. The first kappa shape index (κ1) is 16.8. The third kappa shape index (κ3) is 2.93. The molecule has 0 radical (unpaired) electrons. The molecule has 7 heteroatoms. The Kier molecular flexibility index (Phi) is 4.82. The maximum absolute atomic E-state index is 12.1. The van der Waals surface area contributed by atoms with E-state index in [9.17, 15) is 24.6 Å². The number of carboxylic acid groups (broad SMARTS) is 2. The highest BCUT2D eigenvalue weighted by atomic mass is 16.5. The number of carbonyl (C=O) groups is 3. The smallest absolute Gasteiger partial charge is 0.340 e. The van der Waals surface area contributed by atoms with E-state index in [4.69, 9.17) is 9.84 Å². The molecular formula is C14H16O7. The van der Waals surface area contributed by atoms with Crippen molar-refractivity contribution in [3.63, 3.8) is 0 Å². The van der Waals surface area contributed by atoms with Crippen molar-refractivity contribution in [2.75, 3.05) is 7.11 Å². The second-order valence-electron chi connectivity index (χ2n) is 4.68. The van der Waals surface area contributed by atoms with Crippen LogP contribution in [0.5, 0.6) is 0 Å². The van der Waals surface area contributed by atoms with Crippen LogP contribution in [0.1, 0.15) is 23.7 Å². The van der Waals surface area contributed by atoms with Crippen LogP contribution in [0, 0.1) is 0 Å². The summed E-state index contributed by atoms with van der Waals surface area (Å²) in [6.45, 7) is 0.783. The second-order valence-corrected chi connectivity index (χ2v) is 4.68. The van der Waals surface area contributed by atoms with Crippen molar-refractivity contribution in [1.82, 2.24) is 0 Å². The Morgan fingerprint density at radius 1 is 1.10 bits per heavy atom. The molecule has 0 fully saturated rings. The standard InChI is InChI=1S/C14H16O7/c1-13(20,11(16)17)14(21-2,12(18)19)8-10(15)9-6-4-3-5-7-9/h3-7,20H,8H2,1-2H3,(H,16,17)(H,18,19). The molecule has 0 aliphatic carbocycles. The van der Waals surface area contributed by atoms with Crippen LogP contribution in [0.15, 0.2) is 30.3 Å². The second kappa shape index (κ2) is 6.02. The summed E-state index contributed by atoms with van der Waals surface area (Å²) in [5.41, 5.74) is -5.18. The molecule has 1 aromatic carbocycles. The van der Waals surface area contributed by atoms with Gasteiger partial charge in [0.05, 0.1) is 6.42 Å². The van der Waals surface area contributed by atoms with Gasteiger partial charge in [-0.15, -0.1) is 0 Å². The summed E-state index contributed by atoms with van der Waals surface area (Å²) < 4.78 is 4.77. The third-order valence-corrected chi connectivity index (χ3v) is 3.40. The molecule has 0 spiro atoms. The summed E-state index contributed by atoms with van der Waals surface area (Å²) in [4.78, 5) is 34.8. The van der Waals surface area contributed by atoms with Gasteiger partial charge < -0.3 is 20.1 Å². The Balaban J connectivity index is 3.25. The van der Waals surface area contributed by atoms with Crippen LogP contribution in [0.25, 0.3) is 0 Å². The number of ketones is 1. The number of aliphatic hydroxyl groups is 1. The molecule has 1 aromatic rings. The van der Waals surface area contributed by atoms with E-state index in [1.54, 1.807) is 18.2 Å². The van der Waals surface area contributed by atoms with Crippen molar-refractivity contribution in [2.45, 2.75) is 24.5 Å². The summed E-state index contributed by atoms with van der Waals surface area (Å²) in [6, 6.07) is 7.75. The van der Waals surface area contributed by atoms with Gasteiger partial charge in [-0.1, -0.05) is 30.3 Å². The number of rotatable bonds is 7. The first-order chi connectivity index (χ1) is 9.69. The average molecular weight is 296 g/mol. The first-order valence-corrected chi connectivity index (χ1v) is 6.01. The molecule has 2 atom stereocenters. The predicted molar refractivity (Wildman–Crippen MR) is 71.0 cm³/mol. The summed E-state index contributed by atoms with van der Waals surface area (Å²) >= 11 is 0. The van der Waals surface area contributed by atoms with Crippen molar-refractivity contribution < 1.29 is 34.4 Å². The van der Waals surface area contributed by atoms with Crippen LogP contribution in [0.3, 0.4) is 0 Å². The van der Waals surface area contributed by atoms with Crippen molar-refractivity contribution >= 4 is 17.7 Å². The van der Waals surface area contributed by atoms with Gasteiger partial charge in [0.1, 0.15) is 0 Å². The number of carbonyl (C=O) groups excluding carboxylic acids is 1. The number of carboxylic acids is 2. The molecule has 0 amide bonds. The summed E-state index contributed by atoms with van der Waals surface area (Å²) in [7, 11) is 0.934. The molecule has 21 heavy (non-hydrogen) atoms. The Morgan fingerprint density at radius 2 is 1.62 bits per heavy atom. The van der Waals surface area contributed by atoms with Gasteiger partial charge in [0.2, 0.25) is 5.60 Å². The van der Waals surface area contributed by atoms with Gasteiger partial charge in [-0.2, -0.15) is 0 Å². The molecule has 0 aromatic heterocycles. The van der Waals surface area contributed by atoms with Crippen molar-refractivity contribution in [3.05, 3.63) is 35.9 Å². The Labute approximate surface area is 120 Å². The van der Waals surface area contributed by atoms with Gasteiger partial charge in [0, 0.05) is 12.7 Å². The van der Waals surface area contributed by atoms with Gasteiger partial charge in [0.15, 0.2) is 11.4 Å². The van der Waals surface area contributed by atoms with E-state index in [0.717, 1.165) is 14.0 Å². The van der Waals surface area contributed by atoms with Crippen molar-refractivity contribution in [1.29, 1.82) is 0 Å². The molecular weight excluding hydrogens is 280 g/mol. The van der Waals surface area contributed by atoms with Crippen LogP contribution < -0.4 is 0 Å². The van der Waals surface area contributed by atoms with E-state index in [2.05, 4.69) is 0 Å². The minimum atomic E-state index is -2.78. The maximum Gasteiger partial charge on any atom is 0.340 e. The van der Waals surface area contributed by atoms with Gasteiger partial charge in [-0.05, 0) is 6.92 Å². The molecule has 2 unspecified atom stereocenters. The third-order valence-electron chi connectivity index (χ3n) is 3.40. The van der Waals surface area contributed by atoms with Crippen LogP contribution in [-0.2, 0) is 14.3 Å². The Morgan fingerprint density at radius 3 is 2.00 bits per heavy atom. The largest absolute Gasteiger partial charge is 0.479 e. The lowest BCUT2D eigenvalue weighted by Crippen LogP contribution is -2.64. The van der Waals surface area contributed by atoms with E-state index < -0.39 is 35.3 Å². The lowest BCUT2D eigenvalue weighted by atomic mass is 9.79. The summed E-state index contributed by atoms with van der Waals surface area (Å²) in [5.74, 6) is -4.18. The Hall–Kier alpha value is -2.25. The molecule has 114 valence electrons. The van der Waals surface area contributed by atoms with E-state index in [0.29, 0.717) is 0 Å². The molecule has 3 N–H and O–H groups in total. The van der Waals surface area contributed by atoms with E-state index in [1.807, 2.05) is 0 Å². The number of aliphatic carboxylic acids is 2. The lowest BCUT2D eigenvalue weighted by Gasteiger charge is -2.37. The van der Waals surface area contributed by atoms with E-state index in [-0.39, 0.29) is 5.56 Å². The molecule has 0 heterocycles. The topological polar surface area (TPSA) is 121 Å². The molecule has 1 rings (SSSR count). The molecule has 0 bridgehead atoms. The molecule has 0 saturated heterocycles. The van der Waals surface area contributed by atoms with Crippen LogP contribution in [-0.4, -0.2) is 51.4 Å². The fourth-order valence-corrected chi connectivity index (χ4v) is 1.94. The molecule has 7 nitrogen and oxygen atoms in total. The highest BCUT2D eigenvalue weighted by molar-refractivity contribution is 6.02. The first-order valence-electron chi connectivity index (χ1n) is 6.01. The number of hydrogen-bond donors (Lipinski definition) is 3. The zero-order chi connectivity index (χ0) is 16.3. The average Bonchev–Trinajstić information content (AvgIpc) is 2.44. The number of methoxy groups -OCH3 is 1. The quantitative estimate of drug-likeness (QED) is 0.629. The maximum atomic E-state index is 12.1. The van der Waals surface area contributed by atoms with Crippen LogP contribution in [0.2, 0.25) is 0 Å². The van der Waals surface area contributed by atoms with Gasteiger partial charge >= 0.3 is 11.9 Å². The van der Waals surface area contributed by atoms with Crippen LogP contribution >= 0.6 is 0 Å². The highest BCUT2D eigenvalue weighted by Crippen LogP contribution is 2.32. The number of benzene rings is 1. The van der Waals surface area contributed by atoms with Crippen LogP contribution in [0.4, 0.5) is 0 Å². The fraction of sp³-hybridized carbons (Fsp3) is 0.357. The number of ether oxygens (including phenoxy) is 1. The summed E-state index contributed by atoms with van der Waals surface area (Å²) in [6.07, 6.45) is -0.817. The zero-order valence-electron chi connectivity index (χ0n) is 11.6. The predicted octanol–water partition coefficient (Wildman–Crippen LogP) is 0.565. The number of hydrogen-bond acceptors (Lipinski definition) is 5. The molecule has 0 aliphatic rings. The normalized spacial score (nSPS) is 16.5. The number of Topliss-reactive ketones (excluding diaryl/α,β-unsaturated/α-hetero) is 1. The molecule has 0 aliphatic heterocycles. The Bertz CT molecular complexity index is 550. The highest BCUT2D eigenvalue weighted by Gasteiger charge is 2.60. The SMILES string of the molecule is COC(CC(=O)c1ccccc1)(C(=O)O)C(C)(O)C(=O)O. The monoisotopic (exact) mass is 296 g/mol. The van der Waals surface area contributed by atoms with Crippen molar-refractivity contribution in [2.24, 2.45) is 0 Å². The van der Waals surface area contributed by atoms with E-state index in [1.165, 1.54) is 12.1 Å². The van der Waals surface area contributed by atoms with Gasteiger partial charge in [0.25, 0.3) is 0 Å².